The van der Waals surface area contributed by atoms with E-state index in [1.54, 1.807) is 18.2 Å². The normalized spacial score (nSPS) is 11.6. The van der Waals surface area contributed by atoms with Gasteiger partial charge in [-0.05, 0) is 47.5 Å². The molecule has 0 fully saturated rings. The molecule has 1 heterocycles. The Hall–Kier alpha value is -3.22. The summed E-state index contributed by atoms with van der Waals surface area (Å²) in [6.45, 7) is 0. The van der Waals surface area contributed by atoms with Gasteiger partial charge in [0, 0.05) is 12.6 Å². The fourth-order valence-electron chi connectivity index (χ4n) is 3.09. The molecule has 0 saturated heterocycles. The van der Waals surface area contributed by atoms with E-state index in [9.17, 15) is 14.7 Å². The van der Waals surface area contributed by atoms with Crippen molar-refractivity contribution in [3.8, 4) is 22.6 Å². The highest BCUT2D eigenvalue weighted by Crippen LogP contribution is 2.45. The van der Waals surface area contributed by atoms with Gasteiger partial charge < -0.3 is 20.5 Å². The van der Waals surface area contributed by atoms with E-state index in [1.165, 1.54) is 19.2 Å². The summed E-state index contributed by atoms with van der Waals surface area (Å²) in [5.41, 5.74) is 2.71. The largest absolute Gasteiger partial charge is 0.478 e. The molecule has 0 spiro atoms. The quantitative estimate of drug-likeness (QED) is 0.397. The van der Waals surface area contributed by atoms with Crippen molar-refractivity contribution in [3.05, 3.63) is 69.7 Å². The molecule has 4 rings (SSSR count). The number of nitrogens with one attached hydrogen (secondary N) is 2. The van der Waals surface area contributed by atoms with Gasteiger partial charge in [0.15, 0.2) is 11.5 Å². The maximum absolute atomic E-state index is 12.0. The fraction of sp³-hybridized carbons (Fsp3) is 0.0476. The number of aromatic carboxylic acids is 1. The van der Waals surface area contributed by atoms with Crippen molar-refractivity contribution in [2.75, 3.05) is 12.4 Å². The van der Waals surface area contributed by atoms with Gasteiger partial charge in [0.05, 0.1) is 27.0 Å². The molecule has 0 atom stereocenters. The number of halogens is 2. The number of fused-ring (bicyclic) bond motifs is 2. The number of rotatable bonds is 3. The van der Waals surface area contributed by atoms with Crippen LogP contribution in [0.15, 0.2) is 48.5 Å². The number of carboxylic acid groups (broad SMARTS) is 1. The molecule has 29 heavy (non-hydrogen) atoms. The molecule has 0 unspecified atom stereocenters. The predicted molar refractivity (Wildman–Crippen MR) is 112 cm³/mol. The SMILES string of the molecule is CNC(=O)c1cc2c(c(C(=O)O)c1)Nc1cc(-c3ccc(Cl)c(Cl)c3)ccc1O2. The first kappa shape index (κ1) is 19.1. The highest BCUT2D eigenvalue weighted by Gasteiger charge is 2.25. The van der Waals surface area contributed by atoms with Gasteiger partial charge in [-0.2, -0.15) is 0 Å². The number of hydrogen-bond acceptors (Lipinski definition) is 4. The second-order valence-corrected chi connectivity index (χ2v) is 7.16. The lowest BCUT2D eigenvalue weighted by atomic mass is 10.0. The molecule has 0 aromatic heterocycles. The van der Waals surface area contributed by atoms with Gasteiger partial charge >= 0.3 is 5.97 Å². The number of amides is 1. The van der Waals surface area contributed by atoms with Crippen LogP contribution in [0, 0.1) is 0 Å². The first-order chi connectivity index (χ1) is 13.9. The average Bonchev–Trinajstić information content (AvgIpc) is 2.72. The number of hydrogen-bond donors (Lipinski definition) is 3. The van der Waals surface area contributed by atoms with Crippen molar-refractivity contribution in [1.82, 2.24) is 5.32 Å². The highest BCUT2D eigenvalue weighted by atomic mass is 35.5. The minimum atomic E-state index is -1.17. The number of carbonyl (C=O) groups is 2. The van der Waals surface area contributed by atoms with Crippen LogP contribution in [0.25, 0.3) is 11.1 Å². The van der Waals surface area contributed by atoms with Crippen molar-refractivity contribution in [3.63, 3.8) is 0 Å². The summed E-state index contributed by atoms with van der Waals surface area (Å²) in [5.74, 6) is -0.808. The fourth-order valence-corrected chi connectivity index (χ4v) is 3.39. The first-order valence-electron chi connectivity index (χ1n) is 8.55. The van der Waals surface area contributed by atoms with Crippen molar-refractivity contribution in [1.29, 1.82) is 0 Å². The van der Waals surface area contributed by atoms with E-state index >= 15 is 0 Å². The van der Waals surface area contributed by atoms with Crippen molar-refractivity contribution in [2.45, 2.75) is 0 Å². The van der Waals surface area contributed by atoms with E-state index in [1.807, 2.05) is 18.2 Å². The lowest BCUT2D eigenvalue weighted by molar-refractivity contribution is 0.0697. The zero-order valence-electron chi connectivity index (χ0n) is 15.0. The van der Waals surface area contributed by atoms with Crippen LogP contribution >= 0.6 is 23.2 Å². The van der Waals surface area contributed by atoms with Crippen molar-refractivity contribution < 1.29 is 19.4 Å². The van der Waals surface area contributed by atoms with Crippen LogP contribution < -0.4 is 15.4 Å². The lowest BCUT2D eigenvalue weighted by Gasteiger charge is -2.24. The Balaban J connectivity index is 1.78. The Morgan fingerprint density at radius 2 is 1.69 bits per heavy atom. The van der Waals surface area contributed by atoms with Gasteiger partial charge in [0.1, 0.15) is 0 Å². The molecular formula is C21H14Cl2N2O4. The van der Waals surface area contributed by atoms with Gasteiger partial charge in [0.2, 0.25) is 0 Å². The van der Waals surface area contributed by atoms with Gasteiger partial charge in [-0.1, -0.05) is 35.3 Å². The zero-order valence-corrected chi connectivity index (χ0v) is 16.6. The minimum Gasteiger partial charge on any atom is -0.478 e. The monoisotopic (exact) mass is 428 g/mol. The van der Waals surface area contributed by atoms with Gasteiger partial charge in [-0.3, -0.25) is 4.79 Å². The molecule has 1 amide bonds. The summed E-state index contributed by atoms with van der Waals surface area (Å²) in [7, 11) is 1.47. The maximum Gasteiger partial charge on any atom is 0.337 e. The van der Waals surface area contributed by atoms with Crippen LogP contribution in [0.1, 0.15) is 20.7 Å². The number of anilines is 2. The van der Waals surface area contributed by atoms with Gasteiger partial charge in [-0.15, -0.1) is 0 Å². The molecule has 8 heteroatoms. The Morgan fingerprint density at radius 1 is 0.966 bits per heavy atom. The third-order valence-electron chi connectivity index (χ3n) is 4.53. The van der Waals surface area contributed by atoms with E-state index in [-0.39, 0.29) is 22.6 Å². The van der Waals surface area contributed by atoms with Gasteiger partial charge in [-0.25, -0.2) is 4.79 Å². The van der Waals surface area contributed by atoms with E-state index in [0.29, 0.717) is 21.5 Å². The zero-order chi connectivity index (χ0) is 20.7. The second kappa shape index (κ2) is 7.31. The summed E-state index contributed by atoms with van der Waals surface area (Å²) < 4.78 is 5.88. The smallest absolute Gasteiger partial charge is 0.337 e. The van der Waals surface area contributed by atoms with E-state index in [0.717, 1.165) is 11.1 Å². The summed E-state index contributed by atoms with van der Waals surface area (Å²) in [6.07, 6.45) is 0. The van der Waals surface area contributed by atoms with Crippen molar-refractivity contribution in [2.24, 2.45) is 0 Å². The molecule has 0 saturated carbocycles. The molecule has 146 valence electrons. The molecule has 0 radical (unpaired) electrons. The summed E-state index contributed by atoms with van der Waals surface area (Å²) in [4.78, 5) is 23.7. The van der Waals surface area contributed by atoms with Crippen LogP contribution in [0.5, 0.6) is 11.5 Å². The minimum absolute atomic E-state index is 0.0632. The molecule has 1 aliphatic rings. The number of ether oxygens (including phenoxy) is 1. The van der Waals surface area contributed by atoms with E-state index in [2.05, 4.69) is 10.6 Å². The van der Waals surface area contributed by atoms with Crippen LogP contribution in [-0.4, -0.2) is 24.0 Å². The average molecular weight is 429 g/mol. The first-order valence-corrected chi connectivity index (χ1v) is 9.30. The molecule has 1 aliphatic heterocycles. The topological polar surface area (TPSA) is 87.7 Å². The molecule has 3 N–H and O–H groups in total. The second-order valence-electron chi connectivity index (χ2n) is 6.35. The third kappa shape index (κ3) is 3.48. The van der Waals surface area contributed by atoms with Crippen LogP contribution in [-0.2, 0) is 0 Å². The third-order valence-corrected chi connectivity index (χ3v) is 5.27. The maximum atomic E-state index is 12.0. The number of carboxylic acids is 1. The van der Waals surface area contributed by atoms with Crippen LogP contribution in [0.2, 0.25) is 10.0 Å². The lowest BCUT2D eigenvalue weighted by Crippen LogP contribution is -2.19. The number of benzene rings is 3. The Labute approximate surface area is 176 Å². The van der Waals surface area contributed by atoms with Crippen molar-refractivity contribution >= 4 is 46.5 Å². The molecule has 3 aromatic rings. The van der Waals surface area contributed by atoms with Crippen LogP contribution in [0.4, 0.5) is 11.4 Å². The molecular weight excluding hydrogens is 415 g/mol. The van der Waals surface area contributed by atoms with E-state index in [4.69, 9.17) is 27.9 Å². The molecule has 0 aliphatic carbocycles. The Morgan fingerprint density at radius 3 is 2.38 bits per heavy atom. The summed E-state index contributed by atoms with van der Waals surface area (Å²) in [5, 5.41) is 16.1. The molecule has 0 bridgehead atoms. The summed E-state index contributed by atoms with van der Waals surface area (Å²) in [6, 6.07) is 13.6. The van der Waals surface area contributed by atoms with Crippen LogP contribution in [0.3, 0.4) is 0 Å². The van der Waals surface area contributed by atoms with Gasteiger partial charge in [0.25, 0.3) is 5.91 Å². The molecule has 6 nitrogen and oxygen atoms in total. The summed E-state index contributed by atoms with van der Waals surface area (Å²) >= 11 is 12.1. The Bertz CT molecular complexity index is 1180. The Kier molecular flexibility index (Phi) is 4.82. The highest BCUT2D eigenvalue weighted by molar-refractivity contribution is 6.42. The standard InChI is InChI=1S/C21H14Cl2N2O4/c1-24-20(26)12-6-13(21(27)28)19-18(9-12)29-17-5-3-11(8-16(17)25-19)10-2-4-14(22)15(23)7-10/h2-9,25H,1H3,(H,24,26)(H,27,28). The van der Waals surface area contributed by atoms with E-state index < -0.39 is 11.9 Å². The number of carbonyl (C=O) groups excluding carboxylic acids is 1. The molecule has 3 aromatic carbocycles. The predicted octanol–water partition coefficient (Wildman–Crippen LogP) is 5.57.